The fourth-order valence-corrected chi connectivity index (χ4v) is 12.4. The number of unbranched alkanes of at least 4 members (excludes halogenated alkanes) is 11. The first-order chi connectivity index (χ1) is 48.3. The molecule has 0 spiro atoms. The number of carboxylic acids is 1. The Morgan fingerprint density at radius 2 is 1.25 bits per heavy atom. The Labute approximate surface area is 602 Å². The number of aromatic nitrogens is 1. The molecule has 17 nitrogen and oxygen atoms in total. The fraction of sp³-hybridized carbons (Fsp3) is 0.500. The summed E-state index contributed by atoms with van der Waals surface area (Å²) in [6, 6.07) is 37.5. The lowest BCUT2D eigenvalue weighted by Gasteiger charge is -2.37. The van der Waals surface area contributed by atoms with E-state index in [-0.39, 0.29) is 84.9 Å². The monoisotopic (exact) mass is 1410 g/mol. The molecule has 1 fully saturated rings. The lowest BCUT2D eigenvalue weighted by molar-refractivity contribution is -0.190. The number of aliphatic hydroxyl groups is 2. The van der Waals surface area contributed by atoms with Gasteiger partial charge in [0.25, 0.3) is 5.91 Å². The summed E-state index contributed by atoms with van der Waals surface area (Å²) in [5.41, 5.74) is 4.73. The molecule has 19 heteroatoms. The third-order valence-corrected chi connectivity index (χ3v) is 17.7. The minimum Gasteiger partial charge on any atom is -0.481 e. The van der Waals surface area contributed by atoms with E-state index in [4.69, 9.17) is 35.7 Å². The van der Waals surface area contributed by atoms with Crippen molar-refractivity contribution in [1.82, 2.24) is 9.88 Å². The Balaban J connectivity index is 0.000000281. The van der Waals surface area contributed by atoms with Gasteiger partial charge >= 0.3 is 23.9 Å². The van der Waals surface area contributed by atoms with Crippen molar-refractivity contribution in [2.75, 3.05) is 5.32 Å². The second kappa shape index (κ2) is 43.6. The summed E-state index contributed by atoms with van der Waals surface area (Å²) < 4.78 is 38.3. The normalized spacial score (nSPS) is 14.6. The number of anilines is 1. The number of amides is 2. The van der Waals surface area contributed by atoms with Crippen molar-refractivity contribution < 1.29 is 72.2 Å². The first kappa shape index (κ1) is 83.5. The fourth-order valence-electron chi connectivity index (χ4n) is 12.2. The Morgan fingerprint density at radius 3 is 1.79 bits per heavy atom. The number of esters is 3. The molecule has 1 aliphatic heterocycles. The molecule has 7 rings (SSSR count). The maximum atomic E-state index is 14.0. The average molecular weight is 1420 g/mol. The highest BCUT2D eigenvalue weighted by Crippen LogP contribution is 2.43. The van der Waals surface area contributed by atoms with Crippen LogP contribution in [0, 0.1) is 17.7 Å². The topological polar surface area (TPSA) is 246 Å². The Bertz CT molecular complexity index is 3490. The Morgan fingerprint density at radius 1 is 0.683 bits per heavy atom. The molecule has 6 atom stereocenters. The summed E-state index contributed by atoms with van der Waals surface area (Å²) in [6.45, 7) is 19.6. The zero-order valence-electron chi connectivity index (χ0n) is 60.9. The van der Waals surface area contributed by atoms with E-state index in [9.17, 15) is 48.2 Å². The van der Waals surface area contributed by atoms with Crippen molar-refractivity contribution in [3.63, 3.8) is 0 Å². The molecule has 0 bridgehead atoms. The molecule has 1 saturated heterocycles. The van der Waals surface area contributed by atoms with Gasteiger partial charge in [-0.2, -0.15) is 0 Å². The zero-order valence-corrected chi connectivity index (χ0v) is 61.6. The van der Waals surface area contributed by atoms with E-state index in [2.05, 4.69) is 24.5 Å². The molecule has 1 aromatic heterocycles. The standard InChI is InChI=1S/C33H35FN2O5.C29H53NO5.C20H21ClO4/c1-21(2)31-30(33(41)35-25-11-7-4-8-12-25)29(22-9-5-3-6-10-22)32(23-13-15-24(34)16-14-23)36(31)18-17-26(37)19-27(38)20-28(39)40;1-5-7-9-11-12-13-14-15-16-18-24(34-29(33)26(30-22-31)20-23(3)4)21-27-25(28(32)35-27)19-17-10-8-6-2;1-13(2)24-19(23)20(3,4)25-17-11-7-15(8-12-17)18(22)14-5-9-16(21)10-6-14/h3-16,21,26-27,37-38H,17-20H2,1-2H3,(H,35,41)(H,39,40);22-27H,5-21H2,1-4H3,(H,30,31);5-13H,1-4H3/t26-,27-;24-,25-,26-,27-;/m10./s1. The molecule has 0 saturated carbocycles. The molecule has 2 amide bonds. The van der Waals surface area contributed by atoms with Gasteiger partial charge in [-0.1, -0.05) is 179 Å². The van der Waals surface area contributed by atoms with Gasteiger partial charge in [-0.3, -0.25) is 24.0 Å². The number of aliphatic hydroxyl groups excluding tert-OH is 2. The van der Waals surface area contributed by atoms with Crippen LogP contribution in [0.15, 0.2) is 133 Å². The number of aliphatic carboxylic acids is 1. The molecular formula is C82H109ClFN3O14. The summed E-state index contributed by atoms with van der Waals surface area (Å²) in [6.07, 6.45) is 15.8. The third-order valence-electron chi connectivity index (χ3n) is 17.4. The van der Waals surface area contributed by atoms with Gasteiger partial charge in [0.1, 0.15) is 29.8 Å². The van der Waals surface area contributed by atoms with E-state index >= 15 is 0 Å². The van der Waals surface area contributed by atoms with Crippen LogP contribution in [0.3, 0.4) is 0 Å². The second-order valence-electron chi connectivity index (χ2n) is 27.6. The number of benzene rings is 5. The van der Waals surface area contributed by atoms with Gasteiger partial charge in [0, 0.05) is 46.1 Å². The largest absolute Gasteiger partial charge is 0.481 e. The minimum absolute atomic E-state index is 0.0734. The molecule has 1 aliphatic rings. The number of hydrogen-bond acceptors (Lipinski definition) is 13. The van der Waals surface area contributed by atoms with Crippen LogP contribution in [0.4, 0.5) is 10.1 Å². The summed E-state index contributed by atoms with van der Waals surface area (Å²) in [5.74, 6) is -2.30. The molecule has 0 radical (unpaired) electrons. The van der Waals surface area contributed by atoms with Gasteiger partial charge in [0.2, 0.25) is 6.41 Å². The lowest BCUT2D eigenvalue weighted by atomic mass is 9.86. The van der Waals surface area contributed by atoms with Crippen molar-refractivity contribution in [3.05, 3.63) is 167 Å². The van der Waals surface area contributed by atoms with Crippen molar-refractivity contribution in [3.8, 4) is 28.1 Å². The van der Waals surface area contributed by atoms with Crippen LogP contribution in [0.2, 0.25) is 5.02 Å². The van der Waals surface area contributed by atoms with Crippen LogP contribution in [0.1, 0.15) is 236 Å². The van der Waals surface area contributed by atoms with Gasteiger partial charge in [-0.15, -0.1) is 0 Å². The predicted molar refractivity (Wildman–Crippen MR) is 395 cm³/mol. The van der Waals surface area contributed by atoms with Crippen LogP contribution in [-0.4, -0.2) is 104 Å². The van der Waals surface area contributed by atoms with Crippen molar-refractivity contribution in [1.29, 1.82) is 0 Å². The van der Waals surface area contributed by atoms with Crippen LogP contribution >= 0.6 is 11.6 Å². The van der Waals surface area contributed by atoms with Crippen LogP contribution < -0.4 is 15.4 Å². The molecule has 2 heterocycles. The summed E-state index contributed by atoms with van der Waals surface area (Å²) in [5, 5.41) is 36.0. The number of para-hydroxylation sites is 1. The number of ether oxygens (including phenoxy) is 4. The van der Waals surface area contributed by atoms with Crippen molar-refractivity contribution in [2.45, 2.75) is 252 Å². The van der Waals surface area contributed by atoms with Gasteiger partial charge in [-0.05, 0) is 174 Å². The summed E-state index contributed by atoms with van der Waals surface area (Å²) in [7, 11) is 0. The average Bonchev–Trinajstić information content (AvgIpc) is 1.59. The number of halogens is 2. The van der Waals surface area contributed by atoms with E-state index < -0.39 is 42.2 Å². The first-order valence-corrected chi connectivity index (χ1v) is 36.6. The second-order valence-corrected chi connectivity index (χ2v) is 28.1. The predicted octanol–water partition coefficient (Wildman–Crippen LogP) is 17.9. The molecule has 0 aliphatic carbocycles. The SMILES string of the molecule is CC(C)OC(=O)C(C)(C)Oc1ccc(C(=O)c2ccc(Cl)cc2)cc1.CC(C)c1c(C(=O)Nc2ccccc2)c(-c2ccccc2)c(-c2ccc(F)cc2)n1CC[C@@H](O)C[C@@H](O)CC(=O)O.CCCCCCCCCCC[C@@H](C[C@@H]1OC(=O)[C@H]1CCCCCC)OC(=O)[C@H](CC(C)C)NC=O. The summed E-state index contributed by atoms with van der Waals surface area (Å²) in [4.78, 5) is 85.5. The number of nitrogens with one attached hydrogen (secondary N) is 2. The zero-order chi connectivity index (χ0) is 74.0. The maximum Gasteiger partial charge on any atom is 0.350 e. The Hall–Kier alpha value is -8.19. The number of hydrogen-bond donors (Lipinski definition) is 5. The van der Waals surface area contributed by atoms with Gasteiger partial charge in [-0.25, -0.2) is 14.0 Å². The van der Waals surface area contributed by atoms with Crippen LogP contribution in [0.5, 0.6) is 5.75 Å². The quantitative estimate of drug-likeness (QED) is 0.00788. The highest BCUT2D eigenvalue weighted by atomic mass is 35.5. The number of carboxylic acid groups (broad SMARTS) is 1. The Kier molecular flexibility index (Phi) is 36.0. The van der Waals surface area contributed by atoms with Crippen molar-refractivity contribution >= 4 is 59.3 Å². The summed E-state index contributed by atoms with van der Waals surface area (Å²) >= 11 is 5.84. The molecule has 101 heavy (non-hydrogen) atoms. The van der Waals surface area contributed by atoms with Crippen LogP contribution in [-0.2, 0) is 44.7 Å². The molecule has 550 valence electrons. The number of cyclic esters (lactones) is 1. The number of nitrogens with zero attached hydrogens (tertiary/aromatic N) is 1. The van der Waals surface area contributed by atoms with Gasteiger partial charge in [0.15, 0.2) is 11.4 Å². The molecule has 5 aromatic carbocycles. The smallest absolute Gasteiger partial charge is 0.350 e. The number of rotatable bonds is 41. The van der Waals surface area contributed by atoms with Gasteiger partial charge in [0.05, 0.1) is 41.9 Å². The number of carbonyl (C=O) groups is 7. The van der Waals surface area contributed by atoms with E-state index in [0.29, 0.717) is 69.2 Å². The lowest BCUT2D eigenvalue weighted by Crippen LogP contribution is -2.48. The van der Waals surface area contributed by atoms with E-state index in [1.54, 1.807) is 88.4 Å². The number of ketones is 1. The van der Waals surface area contributed by atoms with Crippen LogP contribution in [0.25, 0.3) is 22.4 Å². The molecule has 6 aromatic rings. The number of carbonyl (C=O) groups excluding carboxylic acids is 6. The van der Waals surface area contributed by atoms with Crippen molar-refractivity contribution in [2.24, 2.45) is 11.8 Å². The van der Waals surface area contributed by atoms with E-state index in [0.717, 1.165) is 49.8 Å². The molecule has 5 N–H and O–H groups in total. The molecular weight excluding hydrogens is 1310 g/mol. The minimum atomic E-state index is -1.18. The third kappa shape index (κ3) is 28.3. The first-order valence-electron chi connectivity index (χ1n) is 36.2. The van der Waals surface area contributed by atoms with E-state index in [1.807, 2.05) is 92.9 Å². The highest BCUT2D eigenvalue weighted by Gasteiger charge is 2.44. The highest BCUT2D eigenvalue weighted by molar-refractivity contribution is 6.30. The molecule has 0 unspecified atom stereocenters. The maximum absolute atomic E-state index is 14.0. The van der Waals surface area contributed by atoms with Gasteiger partial charge < -0.3 is 49.5 Å². The van der Waals surface area contributed by atoms with E-state index in [1.165, 1.54) is 69.9 Å².